The molecule has 0 fully saturated rings. The zero-order valence-corrected chi connectivity index (χ0v) is 6.23. The Hall–Kier alpha value is -2.03. The molecular formula is C4H4N8O. The van der Waals surface area contributed by atoms with Crippen molar-refractivity contribution in [2.24, 2.45) is 25.7 Å². The van der Waals surface area contributed by atoms with Crippen molar-refractivity contribution in [2.75, 3.05) is 0 Å². The third-order valence-corrected chi connectivity index (χ3v) is 1.18. The van der Waals surface area contributed by atoms with E-state index in [1.54, 1.807) is 0 Å². The van der Waals surface area contributed by atoms with Crippen LogP contribution in [0.4, 0.5) is 5.82 Å². The quantitative estimate of drug-likeness (QED) is 0.621. The molecule has 0 aromatic carbocycles. The molecule has 0 saturated heterocycles. The molecule has 2 heterocycles. The van der Waals surface area contributed by atoms with Crippen LogP contribution in [0.1, 0.15) is 0 Å². The fraction of sp³-hybridized carbons (Fsp3) is 0.250. The van der Waals surface area contributed by atoms with E-state index >= 15 is 0 Å². The predicted octanol–water partition coefficient (Wildman–Crippen LogP) is -0.0139. The predicted molar refractivity (Wildman–Crippen MR) is 39.2 cm³/mol. The molecule has 2 rings (SSSR count). The van der Waals surface area contributed by atoms with Gasteiger partial charge in [0.2, 0.25) is 5.82 Å². The Morgan fingerprint density at radius 3 is 3.08 bits per heavy atom. The summed E-state index contributed by atoms with van der Waals surface area (Å²) in [7, 11) is 0. The van der Waals surface area contributed by atoms with Crippen LogP contribution in [0.2, 0.25) is 0 Å². The molecule has 0 amide bonds. The van der Waals surface area contributed by atoms with E-state index in [1.807, 2.05) is 0 Å². The van der Waals surface area contributed by atoms with Crippen molar-refractivity contribution in [3.05, 3.63) is 6.20 Å². The number of aromatic nitrogens is 3. The first kappa shape index (κ1) is 7.61. The van der Waals surface area contributed by atoms with Gasteiger partial charge < -0.3 is 5.11 Å². The molecule has 2 N–H and O–H groups in total. The van der Waals surface area contributed by atoms with E-state index in [0.717, 1.165) is 6.21 Å². The minimum absolute atomic E-state index is 0.240. The van der Waals surface area contributed by atoms with Gasteiger partial charge in [-0.2, -0.15) is 0 Å². The summed E-state index contributed by atoms with van der Waals surface area (Å²) in [6.45, 7) is 0. The zero-order valence-electron chi connectivity index (χ0n) is 6.23. The minimum atomic E-state index is -1.79. The van der Waals surface area contributed by atoms with Gasteiger partial charge in [-0.15, -0.1) is 25.5 Å². The Kier molecular flexibility index (Phi) is 1.63. The van der Waals surface area contributed by atoms with Crippen molar-refractivity contribution in [3.8, 4) is 0 Å². The van der Waals surface area contributed by atoms with Crippen LogP contribution in [0, 0.1) is 0 Å². The van der Waals surface area contributed by atoms with Crippen LogP contribution >= 0.6 is 0 Å². The lowest BCUT2D eigenvalue weighted by molar-refractivity contribution is 0.127. The van der Waals surface area contributed by atoms with Crippen LogP contribution in [0.15, 0.2) is 31.9 Å². The topological polar surface area (TPSA) is 124 Å². The first-order valence-electron chi connectivity index (χ1n) is 3.27. The number of azo groups is 1. The van der Waals surface area contributed by atoms with Gasteiger partial charge in [-0.1, -0.05) is 5.21 Å². The van der Waals surface area contributed by atoms with E-state index in [9.17, 15) is 5.11 Å². The number of nitrogens with one attached hydrogen (secondary N) is 1. The van der Waals surface area contributed by atoms with Gasteiger partial charge in [0.1, 0.15) is 6.21 Å². The molecule has 0 spiro atoms. The molecule has 1 unspecified atom stereocenters. The second-order valence-corrected chi connectivity index (χ2v) is 2.15. The number of hydrogen-bond acceptors (Lipinski definition) is 8. The molecule has 13 heavy (non-hydrogen) atoms. The molecule has 1 aromatic heterocycles. The van der Waals surface area contributed by atoms with E-state index in [1.165, 1.54) is 6.20 Å². The smallest absolute Gasteiger partial charge is 0.332 e. The van der Waals surface area contributed by atoms with Crippen LogP contribution in [-0.4, -0.2) is 32.6 Å². The van der Waals surface area contributed by atoms with Gasteiger partial charge in [0.05, 0.1) is 6.20 Å². The molecule has 1 aliphatic heterocycles. The standard InChI is InChI=1S/C4H4N8O/c13-4(2-6-12-10-4)9-7-3-1-5-11-8-3/h1-2,13H,(H,5,8,11). The molecule has 0 aliphatic carbocycles. The molecule has 0 saturated carbocycles. The lowest BCUT2D eigenvalue weighted by Crippen LogP contribution is -2.21. The normalized spacial score (nSPS) is 26.2. The Morgan fingerprint density at radius 2 is 2.46 bits per heavy atom. The largest absolute Gasteiger partial charge is 0.344 e. The van der Waals surface area contributed by atoms with Crippen molar-refractivity contribution < 1.29 is 5.11 Å². The summed E-state index contributed by atoms with van der Waals surface area (Å²) in [5, 5.41) is 35.5. The molecule has 0 radical (unpaired) electrons. The van der Waals surface area contributed by atoms with E-state index in [0.29, 0.717) is 0 Å². The molecule has 1 aliphatic rings. The zero-order chi connectivity index (χ0) is 9.15. The van der Waals surface area contributed by atoms with Crippen LogP contribution in [0.5, 0.6) is 0 Å². The maximum atomic E-state index is 9.36. The summed E-state index contributed by atoms with van der Waals surface area (Å²) in [6, 6.07) is 0. The average Bonchev–Trinajstić information content (AvgIpc) is 2.72. The molecule has 0 bridgehead atoms. The molecule has 66 valence electrons. The Balaban J connectivity index is 2.14. The van der Waals surface area contributed by atoms with Gasteiger partial charge in [-0.3, -0.25) is 5.10 Å². The number of H-pyrrole nitrogens is 1. The van der Waals surface area contributed by atoms with Gasteiger partial charge in [0.25, 0.3) is 0 Å². The van der Waals surface area contributed by atoms with Crippen molar-refractivity contribution in [2.45, 2.75) is 5.85 Å². The number of hydrogen-bond donors (Lipinski definition) is 2. The third kappa shape index (κ3) is 1.59. The van der Waals surface area contributed by atoms with E-state index < -0.39 is 5.85 Å². The SMILES string of the molecule is OC1(N=Nc2c[nH]nn2)C=NN=N1. The summed E-state index contributed by atoms with van der Waals surface area (Å²) in [5.41, 5.74) is 0. The molecule has 1 atom stereocenters. The first-order valence-corrected chi connectivity index (χ1v) is 3.27. The fourth-order valence-electron chi connectivity index (χ4n) is 0.636. The van der Waals surface area contributed by atoms with E-state index in [2.05, 4.69) is 41.1 Å². The lowest BCUT2D eigenvalue weighted by Gasteiger charge is -2.02. The van der Waals surface area contributed by atoms with Crippen LogP contribution < -0.4 is 0 Å². The van der Waals surface area contributed by atoms with Crippen molar-refractivity contribution >= 4 is 12.0 Å². The lowest BCUT2D eigenvalue weighted by atomic mass is 10.5. The van der Waals surface area contributed by atoms with Crippen molar-refractivity contribution in [1.82, 2.24) is 15.4 Å². The van der Waals surface area contributed by atoms with Gasteiger partial charge >= 0.3 is 5.85 Å². The average molecular weight is 180 g/mol. The summed E-state index contributed by atoms with van der Waals surface area (Å²) in [4.78, 5) is 0. The summed E-state index contributed by atoms with van der Waals surface area (Å²) in [5.74, 6) is -1.55. The maximum absolute atomic E-state index is 9.36. The van der Waals surface area contributed by atoms with E-state index in [4.69, 9.17) is 0 Å². The summed E-state index contributed by atoms with van der Waals surface area (Å²) in [6.07, 6.45) is 2.46. The highest BCUT2D eigenvalue weighted by molar-refractivity contribution is 5.68. The van der Waals surface area contributed by atoms with Gasteiger partial charge in [-0.25, -0.2) is 0 Å². The van der Waals surface area contributed by atoms with Crippen LogP contribution in [0.25, 0.3) is 0 Å². The second-order valence-electron chi connectivity index (χ2n) is 2.15. The Morgan fingerprint density at radius 1 is 1.54 bits per heavy atom. The summed E-state index contributed by atoms with van der Waals surface area (Å²) < 4.78 is 0. The molecule has 9 nitrogen and oxygen atoms in total. The first-order chi connectivity index (χ1) is 6.29. The van der Waals surface area contributed by atoms with Crippen LogP contribution in [-0.2, 0) is 0 Å². The van der Waals surface area contributed by atoms with Gasteiger partial charge in [-0.05, 0) is 5.22 Å². The van der Waals surface area contributed by atoms with Crippen LogP contribution in [0.3, 0.4) is 0 Å². The van der Waals surface area contributed by atoms with Crippen molar-refractivity contribution in [1.29, 1.82) is 0 Å². The number of aliphatic hydroxyl groups is 1. The number of rotatable bonds is 2. The Labute approximate surface area is 71.3 Å². The number of nitrogens with zero attached hydrogens (tertiary/aromatic N) is 7. The highest BCUT2D eigenvalue weighted by atomic mass is 16.3. The monoisotopic (exact) mass is 180 g/mol. The summed E-state index contributed by atoms with van der Waals surface area (Å²) >= 11 is 0. The molecule has 9 heteroatoms. The second kappa shape index (κ2) is 2.79. The highest BCUT2D eigenvalue weighted by Gasteiger charge is 2.27. The third-order valence-electron chi connectivity index (χ3n) is 1.18. The molecular weight excluding hydrogens is 176 g/mol. The molecule has 1 aromatic rings. The number of aromatic amines is 1. The highest BCUT2D eigenvalue weighted by Crippen LogP contribution is 2.15. The Bertz CT molecular complexity index is 352. The fourth-order valence-corrected chi connectivity index (χ4v) is 0.636. The minimum Gasteiger partial charge on any atom is -0.344 e. The van der Waals surface area contributed by atoms with Crippen molar-refractivity contribution in [3.63, 3.8) is 0 Å². The van der Waals surface area contributed by atoms with Gasteiger partial charge in [0.15, 0.2) is 0 Å². The van der Waals surface area contributed by atoms with E-state index in [-0.39, 0.29) is 5.82 Å². The maximum Gasteiger partial charge on any atom is 0.332 e. The van der Waals surface area contributed by atoms with Gasteiger partial charge in [0, 0.05) is 0 Å².